The van der Waals surface area contributed by atoms with Crippen molar-refractivity contribution in [2.75, 3.05) is 7.11 Å². The molecule has 1 rings (SSSR count). The van der Waals surface area contributed by atoms with E-state index in [4.69, 9.17) is 4.74 Å². The molecular weight excluding hydrogens is 178 g/mol. The Morgan fingerprint density at radius 1 is 1.57 bits per heavy atom. The molecule has 3 nitrogen and oxygen atoms in total. The molecule has 1 N–H and O–H groups in total. The third-order valence-corrected chi connectivity index (χ3v) is 3.78. The number of nitrogens with one attached hydrogen (secondary N) is 1. The molecule has 0 radical (unpaired) electrons. The van der Waals surface area contributed by atoms with Crippen molar-refractivity contribution in [2.45, 2.75) is 38.8 Å². The molecule has 0 aliphatic heterocycles. The summed E-state index contributed by atoms with van der Waals surface area (Å²) >= 11 is 0. The lowest BCUT2D eigenvalue weighted by Crippen LogP contribution is -2.68. The van der Waals surface area contributed by atoms with Gasteiger partial charge in [-0.3, -0.25) is 4.79 Å². The number of methoxy groups -OCH3 is 1. The van der Waals surface area contributed by atoms with Gasteiger partial charge in [0.05, 0.1) is 5.60 Å². The topological polar surface area (TPSA) is 38.3 Å². The van der Waals surface area contributed by atoms with Gasteiger partial charge in [-0.1, -0.05) is 20.4 Å². The number of hydrogen-bond acceptors (Lipinski definition) is 2. The van der Waals surface area contributed by atoms with E-state index in [2.05, 4.69) is 32.7 Å². The van der Waals surface area contributed by atoms with E-state index in [1.54, 1.807) is 7.11 Å². The Labute approximate surface area is 85.5 Å². The number of hydrogen-bond donors (Lipinski definition) is 1. The standard InChI is InChI=1S/C11H19NO2/c1-6-9(13)12-8-7-11(4,14-5)10(8,2)3/h6,8H,1,7H2,2-5H3,(H,12,13). The molecule has 3 heteroatoms. The molecule has 0 aromatic rings. The van der Waals surface area contributed by atoms with E-state index >= 15 is 0 Å². The summed E-state index contributed by atoms with van der Waals surface area (Å²) in [6, 6.07) is 0.179. The number of carbonyl (C=O) groups excluding carboxylic acids is 1. The molecule has 0 bridgehead atoms. The molecule has 2 unspecified atom stereocenters. The Morgan fingerprint density at radius 2 is 2.14 bits per heavy atom. The minimum atomic E-state index is -0.133. The van der Waals surface area contributed by atoms with Crippen molar-refractivity contribution in [3.8, 4) is 0 Å². The largest absolute Gasteiger partial charge is 0.378 e. The van der Waals surface area contributed by atoms with E-state index in [0.717, 1.165) is 6.42 Å². The molecule has 0 heterocycles. The average Bonchev–Trinajstić information content (AvgIpc) is 2.16. The van der Waals surface area contributed by atoms with Gasteiger partial charge in [-0.15, -0.1) is 0 Å². The summed E-state index contributed by atoms with van der Waals surface area (Å²) in [6.07, 6.45) is 2.16. The van der Waals surface area contributed by atoms with Crippen LogP contribution < -0.4 is 5.32 Å². The van der Waals surface area contributed by atoms with Crippen LogP contribution in [0.4, 0.5) is 0 Å². The predicted molar refractivity (Wildman–Crippen MR) is 55.9 cm³/mol. The molecule has 1 aliphatic carbocycles. The first-order chi connectivity index (χ1) is 6.37. The van der Waals surface area contributed by atoms with E-state index < -0.39 is 0 Å². The lowest BCUT2D eigenvalue weighted by atomic mass is 9.56. The van der Waals surface area contributed by atoms with Gasteiger partial charge in [-0.05, 0) is 19.4 Å². The second-order valence-corrected chi connectivity index (χ2v) is 4.63. The lowest BCUT2D eigenvalue weighted by molar-refractivity contribution is -0.181. The zero-order valence-corrected chi connectivity index (χ0v) is 9.39. The summed E-state index contributed by atoms with van der Waals surface area (Å²) in [4.78, 5) is 11.1. The van der Waals surface area contributed by atoms with Crippen molar-refractivity contribution >= 4 is 5.91 Å². The second kappa shape index (κ2) is 3.39. The van der Waals surface area contributed by atoms with Gasteiger partial charge >= 0.3 is 0 Å². The second-order valence-electron chi connectivity index (χ2n) is 4.63. The minimum absolute atomic E-state index is 0.0274. The normalized spacial score (nSPS) is 34.4. The molecule has 1 fully saturated rings. The Hall–Kier alpha value is -0.830. The first-order valence-electron chi connectivity index (χ1n) is 4.85. The fraction of sp³-hybridized carbons (Fsp3) is 0.727. The molecule has 0 aromatic carbocycles. The van der Waals surface area contributed by atoms with Crippen LogP contribution >= 0.6 is 0 Å². The van der Waals surface area contributed by atoms with Crippen LogP contribution in [0.2, 0.25) is 0 Å². The van der Waals surface area contributed by atoms with Crippen LogP contribution in [0.1, 0.15) is 27.2 Å². The maximum atomic E-state index is 11.1. The summed E-state index contributed by atoms with van der Waals surface area (Å²) in [5, 5.41) is 2.91. The van der Waals surface area contributed by atoms with Gasteiger partial charge in [-0.25, -0.2) is 0 Å². The van der Waals surface area contributed by atoms with E-state index in [1.165, 1.54) is 6.08 Å². The SMILES string of the molecule is C=CC(=O)NC1CC(C)(OC)C1(C)C. The van der Waals surface area contributed by atoms with Crippen molar-refractivity contribution in [1.29, 1.82) is 0 Å². The highest BCUT2D eigenvalue weighted by Crippen LogP contribution is 2.51. The van der Waals surface area contributed by atoms with Gasteiger partial charge in [0.15, 0.2) is 0 Å². The minimum Gasteiger partial charge on any atom is -0.378 e. The highest BCUT2D eigenvalue weighted by molar-refractivity contribution is 5.87. The first-order valence-corrected chi connectivity index (χ1v) is 4.85. The molecule has 1 aliphatic rings. The molecule has 80 valence electrons. The average molecular weight is 197 g/mol. The summed E-state index contributed by atoms with van der Waals surface area (Å²) in [6.45, 7) is 9.72. The van der Waals surface area contributed by atoms with Crippen LogP contribution in [0.25, 0.3) is 0 Å². The zero-order valence-electron chi connectivity index (χ0n) is 9.39. The van der Waals surface area contributed by atoms with Gasteiger partial charge < -0.3 is 10.1 Å². The fourth-order valence-electron chi connectivity index (χ4n) is 1.95. The van der Waals surface area contributed by atoms with Gasteiger partial charge in [-0.2, -0.15) is 0 Å². The van der Waals surface area contributed by atoms with Crippen molar-refractivity contribution in [3.63, 3.8) is 0 Å². The van der Waals surface area contributed by atoms with E-state index in [9.17, 15) is 4.79 Å². The van der Waals surface area contributed by atoms with E-state index in [0.29, 0.717) is 0 Å². The van der Waals surface area contributed by atoms with Crippen molar-refractivity contribution < 1.29 is 9.53 Å². The Balaban J connectivity index is 2.63. The van der Waals surface area contributed by atoms with Gasteiger partial charge in [0.1, 0.15) is 0 Å². The summed E-state index contributed by atoms with van der Waals surface area (Å²) in [5.74, 6) is -0.110. The zero-order chi connectivity index (χ0) is 11.0. The molecule has 14 heavy (non-hydrogen) atoms. The van der Waals surface area contributed by atoms with Gasteiger partial charge in [0.25, 0.3) is 0 Å². The van der Waals surface area contributed by atoms with Crippen LogP contribution in [0.3, 0.4) is 0 Å². The van der Waals surface area contributed by atoms with Gasteiger partial charge in [0, 0.05) is 18.6 Å². The maximum absolute atomic E-state index is 11.1. The Morgan fingerprint density at radius 3 is 2.50 bits per heavy atom. The lowest BCUT2D eigenvalue weighted by Gasteiger charge is -2.59. The van der Waals surface area contributed by atoms with Crippen LogP contribution in [0.5, 0.6) is 0 Å². The monoisotopic (exact) mass is 197 g/mol. The summed E-state index contributed by atoms with van der Waals surface area (Å²) in [7, 11) is 1.72. The smallest absolute Gasteiger partial charge is 0.243 e. The van der Waals surface area contributed by atoms with E-state index in [1.807, 2.05) is 0 Å². The molecule has 0 saturated heterocycles. The fourth-order valence-corrected chi connectivity index (χ4v) is 1.95. The van der Waals surface area contributed by atoms with E-state index in [-0.39, 0.29) is 23.0 Å². The first kappa shape index (κ1) is 11.2. The Bertz CT molecular complexity index is 260. The highest BCUT2D eigenvalue weighted by Gasteiger charge is 2.58. The molecule has 0 aromatic heterocycles. The predicted octanol–water partition coefficient (Wildman–Crippen LogP) is 1.49. The number of amides is 1. The third kappa shape index (κ3) is 1.46. The maximum Gasteiger partial charge on any atom is 0.243 e. The number of carbonyl (C=O) groups is 1. The van der Waals surface area contributed by atoms with Crippen LogP contribution in [-0.4, -0.2) is 24.7 Å². The molecular formula is C11H19NO2. The molecule has 2 atom stereocenters. The van der Waals surface area contributed by atoms with Crippen molar-refractivity contribution in [2.24, 2.45) is 5.41 Å². The van der Waals surface area contributed by atoms with Crippen LogP contribution in [0, 0.1) is 5.41 Å². The highest BCUT2D eigenvalue weighted by atomic mass is 16.5. The quantitative estimate of drug-likeness (QED) is 0.696. The number of rotatable bonds is 3. The van der Waals surface area contributed by atoms with Gasteiger partial charge in [0.2, 0.25) is 5.91 Å². The Kier molecular flexibility index (Phi) is 2.72. The summed E-state index contributed by atoms with van der Waals surface area (Å²) < 4.78 is 5.46. The van der Waals surface area contributed by atoms with Crippen LogP contribution in [-0.2, 0) is 9.53 Å². The molecule has 0 spiro atoms. The molecule has 1 saturated carbocycles. The van der Waals surface area contributed by atoms with Crippen molar-refractivity contribution in [3.05, 3.63) is 12.7 Å². The van der Waals surface area contributed by atoms with Crippen molar-refractivity contribution in [1.82, 2.24) is 5.32 Å². The van der Waals surface area contributed by atoms with Crippen LogP contribution in [0.15, 0.2) is 12.7 Å². The number of ether oxygens (including phenoxy) is 1. The summed E-state index contributed by atoms with van der Waals surface area (Å²) in [5.41, 5.74) is -0.160. The molecule has 1 amide bonds. The third-order valence-electron chi connectivity index (χ3n) is 3.78.